The Morgan fingerprint density at radius 1 is 0.818 bits per heavy atom. The lowest BCUT2D eigenvalue weighted by Crippen LogP contribution is -1.94. The van der Waals surface area contributed by atoms with Crippen molar-refractivity contribution in [2.24, 2.45) is 0 Å². The lowest BCUT2D eigenvalue weighted by atomic mass is 10.2. The summed E-state index contributed by atoms with van der Waals surface area (Å²) in [4.78, 5) is 0. The van der Waals surface area contributed by atoms with Crippen LogP contribution in [0, 0.1) is 0 Å². The molecule has 1 heterocycles. The van der Waals surface area contributed by atoms with Gasteiger partial charge in [0.05, 0.1) is 11.0 Å². The van der Waals surface area contributed by atoms with Gasteiger partial charge in [0.1, 0.15) is 0 Å². The summed E-state index contributed by atoms with van der Waals surface area (Å²) in [7, 11) is 0. The maximum absolute atomic E-state index is 3.82. The zero-order chi connectivity index (χ0) is 15.1. The second kappa shape index (κ2) is 5.15. The van der Waals surface area contributed by atoms with Crippen LogP contribution in [0.3, 0.4) is 0 Å². The van der Waals surface area contributed by atoms with E-state index in [2.05, 4.69) is 93.8 Å². The summed E-state index contributed by atoms with van der Waals surface area (Å²) in [6.07, 6.45) is 1.87. The molecule has 22 heavy (non-hydrogen) atoms. The number of aromatic nitrogens is 1. The SMILES string of the molecule is C=Cc1ccc(-n2c3ccccc3c3cccc(Br)c32)cc1. The lowest BCUT2D eigenvalue weighted by Gasteiger charge is -2.09. The highest BCUT2D eigenvalue weighted by atomic mass is 79.9. The number of rotatable bonds is 2. The van der Waals surface area contributed by atoms with E-state index >= 15 is 0 Å². The van der Waals surface area contributed by atoms with E-state index in [1.807, 2.05) is 6.08 Å². The number of hydrogen-bond donors (Lipinski definition) is 0. The van der Waals surface area contributed by atoms with Crippen molar-refractivity contribution >= 4 is 43.8 Å². The van der Waals surface area contributed by atoms with Crippen molar-refractivity contribution < 1.29 is 0 Å². The Morgan fingerprint density at radius 2 is 1.55 bits per heavy atom. The Balaban J connectivity index is 2.15. The molecule has 3 aromatic carbocycles. The number of benzene rings is 3. The third-order valence-corrected chi connectivity index (χ3v) is 4.67. The molecule has 0 radical (unpaired) electrons. The van der Waals surface area contributed by atoms with Crippen LogP contribution < -0.4 is 0 Å². The maximum atomic E-state index is 3.82. The molecule has 0 spiro atoms. The van der Waals surface area contributed by atoms with E-state index in [4.69, 9.17) is 0 Å². The van der Waals surface area contributed by atoms with Crippen molar-refractivity contribution in [1.29, 1.82) is 0 Å². The van der Waals surface area contributed by atoms with E-state index in [1.165, 1.54) is 21.8 Å². The molecule has 0 bridgehead atoms. The van der Waals surface area contributed by atoms with E-state index in [-0.39, 0.29) is 0 Å². The molecule has 0 aliphatic rings. The molecule has 0 atom stereocenters. The molecule has 0 aliphatic carbocycles. The van der Waals surface area contributed by atoms with Crippen molar-refractivity contribution in [3.05, 3.63) is 83.3 Å². The minimum Gasteiger partial charge on any atom is -0.308 e. The van der Waals surface area contributed by atoms with Gasteiger partial charge in [0.15, 0.2) is 0 Å². The number of halogens is 1. The number of hydrogen-bond acceptors (Lipinski definition) is 0. The number of nitrogens with zero attached hydrogens (tertiary/aromatic N) is 1. The first kappa shape index (κ1) is 13.4. The third kappa shape index (κ3) is 1.92. The fraction of sp³-hybridized carbons (Fsp3) is 0. The zero-order valence-corrected chi connectivity index (χ0v) is 13.5. The quantitative estimate of drug-likeness (QED) is 0.407. The molecule has 2 heteroatoms. The van der Waals surface area contributed by atoms with E-state index in [0.717, 1.165) is 15.7 Å². The molecule has 106 valence electrons. The Labute approximate surface area is 137 Å². The molecule has 0 saturated carbocycles. The third-order valence-electron chi connectivity index (χ3n) is 4.03. The Morgan fingerprint density at radius 3 is 2.32 bits per heavy atom. The summed E-state index contributed by atoms with van der Waals surface area (Å²) >= 11 is 3.71. The fourth-order valence-electron chi connectivity index (χ4n) is 3.00. The Kier molecular flexibility index (Phi) is 3.12. The van der Waals surface area contributed by atoms with E-state index < -0.39 is 0 Å². The highest BCUT2D eigenvalue weighted by Gasteiger charge is 2.13. The average Bonchev–Trinajstić information content (AvgIpc) is 2.91. The van der Waals surface area contributed by atoms with Crippen LogP contribution in [0.4, 0.5) is 0 Å². The summed E-state index contributed by atoms with van der Waals surface area (Å²) in [5.74, 6) is 0. The van der Waals surface area contributed by atoms with Gasteiger partial charge < -0.3 is 4.57 Å². The first-order chi connectivity index (χ1) is 10.8. The minimum atomic E-state index is 1.11. The summed E-state index contributed by atoms with van der Waals surface area (Å²) in [6, 6.07) is 23.4. The second-order valence-corrected chi connectivity index (χ2v) is 6.14. The normalized spacial score (nSPS) is 11.1. The predicted molar refractivity (Wildman–Crippen MR) is 98.6 cm³/mol. The van der Waals surface area contributed by atoms with Gasteiger partial charge in [-0.2, -0.15) is 0 Å². The van der Waals surface area contributed by atoms with Gasteiger partial charge in [-0.3, -0.25) is 0 Å². The monoisotopic (exact) mass is 347 g/mol. The van der Waals surface area contributed by atoms with Crippen LogP contribution in [-0.4, -0.2) is 4.57 Å². The smallest absolute Gasteiger partial charge is 0.0683 e. The molecule has 0 amide bonds. The molecule has 4 aromatic rings. The first-order valence-corrected chi connectivity index (χ1v) is 7.99. The topological polar surface area (TPSA) is 4.93 Å². The van der Waals surface area contributed by atoms with Crippen LogP contribution in [-0.2, 0) is 0 Å². The van der Waals surface area contributed by atoms with Gasteiger partial charge in [-0.25, -0.2) is 0 Å². The van der Waals surface area contributed by atoms with Gasteiger partial charge >= 0.3 is 0 Å². The second-order valence-electron chi connectivity index (χ2n) is 5.28. The van der Waals surface area contributed by atoms with Crippen LogP contribution in [0.5, 0.6) is 0 Å². The summed E-state index contributed by atoms with van der Waals surface area (Å²) in [6.45, 7) is 3.82. The largest absolute Gasteiger partial charge is 0.308 e. The van der Waals surface area contributed by atoms with E-state index in [0.29, 0.717) is 0 Å². The molecule has 0 fully saturated rings. The molecule has 1 nitrogen and oxygen atoms in total. The molecule has 0 N–H and O–H groups in total. The zero-order valence-electron chi connectivity index (χ0n) is 12.0. The summed E-state index contributed by atoms with van der Waals surface area (Å²) in [5, 5.41) is 2.53. The molecule has 1 aromatic heterocycles. The van der Waals surface area contributed by atoms with Crippen LogP contribution in [0.1, 0.15) is 5.56 Å². The van der Waals surface area contributed by atoms with Gasteiger partial charge in [0, 0.05) is 20.9 Å². The van der Waals surface area contributed by atoms with Gasteiger partial charge in [0.2, 0.25) is 0 Å². The lowest BCUT2D eigenvalue weighted by molar-refractivity contribution is 1.17. The van der Waals surface area contributed by atoms with Crippen LogP contribution in [0.25, 0.3) is 33.6 Å². The van der Waals surface area contributed by atoms with Gasteiger partial charge in [0.25, 0.3) is 0 Å². The number of para-hydroxylation sites is 2. The average molecular weight is 348 g/mol. The Bertz CT molecular complexity index is 994. The minimum absolute atomic E-state index is 1.11. The van der Waals surface area contributed by atoms with E-state index in [9.17, 15) is 0 Å². The molecule has 0 unspecified atom stereocenters. The standard InChI is InChI=1S/C20H14BrN/c1-2-14-10-12-15(13-11-14)22-19-9-4-3-6-16(19)17-7-5-8-18(21)20(17)22/h2-13H,1H2. The van der Waals surface area contributed by atoms with Crippen LogP contribution in [0.15, 0.2) is 77.8 Å². The number of fused-ring (bicyclic) bond motifs is 3. The van der Waals surface area contributed by atoms with Gasteiger partial charge in [-0.05, 0) is 45.8 Å². The molecule has 4 rings (SSSR count). The fourth-order valence-corrected chi connectivity index (χ4v) is 3.55. The molecular weight excluding hydrogens is 334 g/mol. The van der Waals surface area contributed by atoms with Gasteiger partial charge in [-0.1, -0.05) is 55.1 Å². The Hall–Kier alpha value is -2.32. The van der Waals surface area contributed by atoms with Crippen molar-refractivity contribution in [3.63, 3.8) is 0 Å². The maximum Gasteiger partial charge on any atom is 0.0683 e. The van der Waals surface area contributed by atoms with Crippen molar-refractivity contribution in [3.8, 4) is 5.69 Å². The first-order valence-electron chi connectivity index (χ1n) is 7.20. The van der Waals surface area contributed by atoms with E-state index in [1.54, 1.807) is 0 Å². The van der Waals surface area contributed by atoms with Crippen LogP contribution in [0.2, 0.25) is 0 Å². The molecular formula is C20H14BrN. The molecule has 0 saturated heterocycles. The summed E-state index contributed by atoms with van der Waals surface area (Å²) < 4.78 is 3.41. The summed E-state index contributed by atoms with van der Waals surface area (Å²) in [5.41, 5.74) is 4.71. The molecule has 0 aliphatic heterocycles. The van der Waals surface area contributed by atoms with Crippen LogP contribution >= 0.6 is 15.9 Å². The highest BCUT2D eigenvalue weighted by Crippen LogP contribution is 2.35. The van der Waals surface area contributed by atoms with Crippen molar-refractivity contribution in [1.82, 2.24) is 4.57 Å². The van der Waals surface area contributed by atoms with Crippen molar-refractivity contribution in [2.75, 3.05) is 0 Å². The highest BCUT2D eigenvalue weighted by molar-refractivity contribution is 9.10. The van der Waals surface area contributed by atoms with Gasteiger partial charge in [-0.15, -0.1) is 0 Å². The van der Waals surface area contributed by atoms with Crippen molar-refractivity contribution in [2.45, 2.75) is 0 Å². The predicted octanol–water partition coefficient (Wildman–Crippen LogP) is 6.19.